The van der Waals surface area contributed by atoms with E-state index in [9.17, 15) is 4.21 Å². The average molecular weight is 336 g/mol. The fraction of sp³-hybridized carbons (Fsp3) is 0.0769. The van der Waals surface area contributed by atoms with Crippen LogP contribution in [-0.2, 0) is 16.6 Å². The highest BCUT2D eigenvalue weighted by Gasteiger charge is 2.10. The Labute approximate surface area is 121 Å². The number of halogens is 1. The van der Waals surface area contributed by atoms with Crippen molar-refractivity contribution in [3.05, 3.63) is 52.3 Å². The zero-order chi connectivity index (χ0) is 13.8. The van der Waals surface area contributed by atoms with E-state index in [-0.39, 0.29) is 0 Å². The van der Waals surface area contributed by atoms with Gasteiger partial charge in [0, 0.05) is 16.4 Å². The number of nitrogens with zero attached hydrogens (tertiary/aromatic N) is 2. The first kappa shape index (κ1) is 13.7. The number of benzene rings is 1. The maximum absolute atomic E-state index is 12.3. The summed E-state index contributed by atoms with van der Waals surface area (Å²) in [5.41, 5.74) is 7.45. The smallest absolute Gasteiger partial charge is 0.140 e. The predicted molar refractivity (Wildman–Crippen MR) is 77.6 cm³/mol. The van der Waals surface area contributed by atoms with Crippen LogP contribution in [0, 0.1) is 11.3 Å². The topological polar surface area (TPSA) is 79.8 Å². The van der Waals surface area contributed by atoms with Crippen LogP contribution in [0.15, 0.2) is 45.9 Å². The summed E-state index contributed by atoms with van der Waals surface area (Å²) >= 11 is 3.31. The van der Waals surface area contributed by atoms with Crippen molar-refractivity contribution in [2.24, 2.45) is 0 Å². The highest BCUT2D eigenvalue weighted by atomic mass is 79.9. The molecule has 1 unspecified atom stereocenters. The van der Waals surface area contributed by atoms with Gasteiger partial charge in [-0.1, -0.05) is 15.9 Å². The molecular weight excluding hydrogens is 326 g/mol. The average Bonchev–Trinajstić information content (AvgIpc) is 2.38. The molecule has 19 heavy (non-hydrogen) atoms. The van der Waals surface area contributed by atoms with Crippen LogP contribution in [0.1, 0.15) is 11.3 Å². The third kappa shape index (κ3) is 3.40. The van der Waals surface area contributed by atoms with Crippen molar-refractivity contribution in [2.75, 3.05) is 5.73 Å². The second-order valence-electron chi connectivity index (χ2n) is 3.83. The third-order valence-electron chi connectivity index (χ3n) is 2.45. The molecule has 1 aromatic carbocycles. The Hall–Kier alpha value is -1.71. The maximum Gasteiger partial charge on any atom is 0.140 e. The monoisotopic (exact) mass is 335 g/mol. The Morgan fingerprint density at radius 3 is 2.84 bits per heavy atom. The van der Waals surface area contributed by atoms with Gasteiger partial charge in [-0.3, -0.25) is 4.21 Å². The SMILES string of the molecule is N#Cc1cc(CS(=O)c2ccc(Br)cc2N)ccn1. The van der Waals surface area contributed by atoms with Crippen molar-refractivity contribution in [3.63, 3.8) is 0 Å². The highest BCUT2D eigenvalue weighted by Crippen LogP contribution is 2.23. The Balaban J connectivity index is 2.23. The lowest BCUT2D eigenvalue weighted by atomic mass is 10.2. The number of nitrogen functional groups attached to an aromatic ring is 1. The molecule has 0 aliphatic rings. The summed E-state index contributed by atoms with van der Waals surface area (Å²) in [5, 5.41) is 8.77. The van der Waals surface area contributed by atoms with E-state index in [0.29, 0.717) is 22.0 Å². The van der Waals surface area contributed by atoms with E-state index >= 15 is 0 Å². The maximum atomic E-state index is 12.3. The van der Waals surface area contributed by atoms with Gasteiger partial charge < -0.3 is 5.73 Å². The molecule has 4 nitrogen and oxygen atoms in total. The van der Waals surface area contributed by atoms with Crippen LogP contribution in [0.5, 0.6) is 0 Å². The minimum atomic E-state index is -1.25. The van der Waals surface area contributed by atoms with E-state index in [1.165, 1.54) is 6.20 Å². The second-order valence-corrected chi connectivity index (χ2v) is 6.17. The van der Waals surface area contributed by atoms with Gasteiger partial charge in [0.05, 0.1) is 21.4 Å². The molecule has 96 valence electrons. The largest absolute Gasteiger partial charge is 0.398 e. The molecule has 0 fully saturated rings. The van der Waals surface area contributed by atoms with Gasteiger partial charge >= 0.3 is 0 Å². The predicted octanol–water partition coefficient (Wildman–Crippen LogP) is 2.61. The molecular formula is C13H10BrN3OS. The van der Waals surface area contributed by atoms with Gasteiger partial charge in [-0.15, -0.1) is 0 Å². The standard InChI is InChI=1S/C13H10BrN3OS/c14-10-1-2-13(12(16)6-10)19(18)8-9-3-4-17-11(5-9)7-15/h1-6H,8,16H2. The van der Waals surface area contributed by atoms with Gasteiger partial charge in [0.1, 0.15) is 11.8 Å². The van der Waals surface area contributed by atoms with E-state index in [4.69, 9.17) is 11.0 Å². The molecule has 2 aromatic rings. The molecule has 1 atom stereocenters. The van der Waals surface area contributed by atoms with Crippen molar-refractivity contribution in [1.82, 2.24) is 4.98 Å². The Bertz CT molecular complexity index is 682. The zero-order valence-corrected chi connectivity index (χ0v) is 12.2. The summed E-state index contributed by atoms with van der Waals surface area (Å²) in [4.78, 5) is 4.47. The summed E-state index contributed by atoms with van der Waals surface area (Å²) < 4.78 is 13.1. The lowest BCUT2D eigenvalue weighted by Crippen LogP contribution is -2.01. The normalized spacial score (nSPS) is 11.8. The quantitative estimate of drug-likeness (QED) is 0.874. The van der Waals surface area contributed by atoms with E-state index in [1.54, 1.807) is 30.3 Å². The number of hydrogen-bond acceptors (Lipinski definition) is 4. The fourth-order valence-electron chi connectivity index (χ4n) is 1.58. The number of pyridine rings is 1. The summed E-state index contributed by atoms with van der Waals surface area (Å²) in [6, 6.07) is 10.6. The minimum Gasteiger partial charge on any atom is -0.398 e. The molecule has 0 bridgehead atoms. The van der Waals surface area contributed by atoms with Gasteiger partial charge in [-0.25, -0.2) is 4.98 Å². The molecule has 0 spiro atoms. The first-order chi connectivity index (χ1) is 9.10. The molecule has 0 amide bonds. The number of nitrogens with two attached hydrogens (primary N) is 1. The van der Waals surface area contributed by atoms with Gasteiger partial charge in [0.25, 0.3) is 0 Å². The first-order valence-electron chi connectivity index (χ1n) is 5.38. The lowest BCUT2D eigenvalue weighted by Gasteiger charge is -2.06. The highest BCUT2D eigenvalue weighted by molar-refractivity contribution is 9.10. The number of aromatic nitrogens is 1. The van der Waals surface area contributed by atoms with E-state index in [2.05, 4.69) is 20.9 Å². The molecule has 1 heterocycles. The molecule has 0 saturated carbocycles. The number of nitriles is 1. The van der Waals surface area contributed by atoms with E-state index in [1.807, 2.05) is 6.07 Å². The van der Waals surface area contributed by atoms with Gasteiger partial charge in [0.2, 0.25) is 0 Å². The molecule has 0 radical (unpaired) electrons. The Morgan fingerprint density at radius 1 is 1.37 bits per heavy atom. The Morgan fingerprint density at radius 2 is 2.16 bits per heavy atom. The van der Waals surface area contributed by atoms with Crippen LogP contribution in [0.4, 0.5) is 5.69 Å². The molecule has 2 N–H and O–H groups in total. The van der Waals surface area contributed by atoms with Crippen LogP contribution in [0.25, 0.3) is 0 Å². The van der Waals surface area contributed by atoms with Crippen LogP contribution in [-0.4, -0.2) is 9.19 Å². The minimum absolute atomic E-state index is 0.309. The molecule has 1 aromatic heterocycles. The zero-order valence-electron chi connectivity index (χ0n) is 9.84. The van der Waals surface area contributed by atoms with Crippen LogP contribution in [0.2, 0.25) is 0 Å². The van der Waals surface area contributed by atoms with Gasteiger partial charge in [0.15, 0.2) is 0 Å². The summed E-state index contributed by atoms with van der Waals surface area (Å²) in [7, 11) is -1.25. The first-order valence-corrected chi connectivity index (χ1v) is 7.50. The molecule has 0 saturated heterocycles. The molecule has 2 rings (SSSR count). The van der Waals surface area contributed by atoms with Crippen LogP contribution >= 0.6 is 15.9 Å². The Kier molecular flexibility index (Phi) is 4.30. The van der Waals surface area contributed by atoms with Gasteiger partial charge in [-0.05, 0) is 35.9 Å². The number of rotatable bonds is 3. The molecule has 0 aliphatic carbocycles. The number of hydrogen-bond donors (Lipinski definition) is 1. The van der Waals surface area contributed by atoms with Crippen LogP contribution in [0.3, 0.4) is 0 Å². The van der Waals surface area contributed by atoms with Crippen molar-refractivity contribution in [3.8, 4) is 6.07 Å². The molecule has 6 heteroatoms. The van der Waals surface area contributed by atoms with E-state index < -0.39 is 10.8 Å². The van der Waals surface area contributed by atoms with E-state index in [0.717, 1.165) is 10.0 Å². The number of anilines is 1. The van der Waals surface area contributed by atoms with Crippen molar-refractivity contribution in [2.45, 2.75) is 10.6 Å². The van der Waals surface area contributed by atoms with Crippen LogP contribution < -0.4 is 5.73 Å². The van der Waals surface area contributed by atoms with Crippen molar-refractivity contribution < 1.29 is 4.21 Å². The van der Waals surface area contributed by atoms with Gasteiger partial charge in [-0.2, -0.15) is 5.26 Å². The van der Waals surface area contributed by atoms with Crippen molar-refractivity contribution in [1.29, 1.82) is 5.26 Å². The fourth-order valence-corrected chi connectivity index (χ4v) is 3.14. The third-order valence-corrected chi connectivity index (χ3v) is 4.40. The molecule has 0 aliphatic heterocycles. The second kappa shape index (κ2) is 5.95. The van der Waals surface area contributed by atoms with Crippen molar-refractivity contribution >= 4 is 32.4 Å². The summed E-state index contributed by atoms with van der Waals surface area (Å²) in [6.07, 6.45) is 1.54. The summed E-state index contributed by atoms with van der Waals surface area (Å²) in [6.45, 7) is 0. The summed E-state index contributed by atoms with van der Waals surface area (Å²) in [5.74, 6) is 0.309. The lowest BCUT2D eigenvalue weighted by molar-refractivity contribution is 0.683.